The lowest BCUT2D eigenvalue weighted by Crippen LogP contribution is -2.04. The maximum Gasteiger partial charge on any atom is 0.416 e. The molecule has 0 aliphatic heterocycles. The Bertz CT molecular complexity index is 524. The third-order valence-corrected chi connectivity index (χ3v) is 2.85. The lowest BCUT2D eigenvalue weighted by atomic mass is 10.2. The molecule has 96 valence electrons. The highest BCUT2D eigenvalue weighted by Crippen LogP contribution is 2.30. The van der Waals surface area contributed by atoms with Crippen molar-refractivity contribution >= 4 is 17.4 Å². The van der Waals surface area contributed by atoms with Crippen molar-refractivity contribution < 1.29 is 17.9 Å². The Kier molecular flexibility index (Phi) is 3.37. The Hall–Kier alpha value is -1.83. The van der Waals surface area contributed by atoms with Crippen LogP contribution in [0.2, 0.25) is 0 Å². The van der Waals surface area contributed by atoms with Crippen LogP contribution >= 0.6 is 11.5 Å². The minimum Gasteiger partial charge on any atom is -0.488 e. The maximum absolute atomic E-state index is 12.3. The van der Waals surface area contributed by atoms with Crippen LogP contribution in [0.15, 0.2) is 24.3 Å². The second-order valence-corrected chi connectivity index (χ2v) is 4.23. The van der Waals surface area contributed by atoms with E-state index in [4.69, 9.17) is 10.5 Å². The van der Waals surface area contributed by atoms with Gasteiger partial charge in [0.2, 0.25) is 0 Å². The molecule has 0 unspecified atom stereocenters. The average Bonchev–Trinajstić information content (AvgIpc) is 2.72. The molecular weight excluding hydrogens is 267 g/mol. The first-order valence-electron chi connectivity index (χ1n) is 4.83. The van der Waals surface area contributed by atoms with Crippen molar-refractivity contribution in [3.63, 3.8) is 0 Å². The Balaban J connectivity index is 2.01. The largest absolute Gasteiger partial charge is 0.488 e. The third-order valence-electron chi connectivity index (χ3n) is 2.14. The summed E-state index contributed by atoms with van der Waals surface area (Å²) in [5.41, 5.74) is 4.78. The van der Waals surface area contributed by atoms with E-state index in [1.807, 2.05) is 0 Å². The topological polar surface area (TPSA) is 61.0 Å². The summed E-state index contributed by atoms with van der Waals surface area (Å²) in [6.07, 6.45) is -4.34. The number of aromatic nitrogens is 2. The molecule has 18 heavy (non-hydrogen) atoms. The van der Waals surface area contributed by atoms with E-state index >= 15 is 0 Å². The standard InChI is InChI=1S/C10H8F3N3OS/c11-10(12,13)6-1-3-7(4-2-6)17-5-8-9(14)15-16-18-8/h1-4H,5,14H2. The first-order chi connectivity index (χ1) is 8.47. The van der Waals surface area contributed by atoms with E-state index in [1.165, 1.54) is 12.1 Å². The van der Waals surface area contributed by atoms with Crippen LogP contribution in [0.1, 0.15) is 10.4 Å². The van der Waals surface area contributed by atoms with E-state index < -0.39 is 11.7 Å². The Labute approximate surface area is 104 Å². The molecule has 0 amide bonds. The molecule has 4 nitrogen and oxygen atoms in total. The fraction of sp³-hybridized carbons (Fsp3) is 0.200. The molecule has 0 aliphatic carbocycles. The lowest BCUT2D eigenvalue weighted by molar-refractivity contribution is -0.137. The van der Waals surface area contributed by atoms with E-state index in [0.29, 0.717) is 10.6 Å². The minimum absolute atomic E-state index is 0.134. The lowest BCUT2D eigenvalue weighted by Gasteiger charge is -2.08. The van der Waals surface area contributed by atoms with Crippen LogP contribution < -0.4 is 10.5 Å². The number of nitrogens with two attached hydrogens (primary N) is 1. The number of ether oxygens (including phenoxy) is 1. The van der Waals surface area contributed by atoms with Crippen molar-refractivity contribution in [2.24, 2.45) is 0 Å². The summed E-state index contributed by atoms with van der Waals surface area (Å²) < 4.78 is 45.8. The van der Waals surface area contributed by atoms with Crippen LogP contribution in [0.5, 0.6) is 5.75 Å². The zero-order valence-electron chi connectivity index (χ0n) is 8.94. The van der Waals surface area contributed by atoms with Gasteiger partial charge in [-0.25, -0.2) is 0 Å². The summed E-state index contributed by atoms with van der Waals surface area (Å²) in [4.78, 5) is 0.634. The number of rotatable bonds is 3. The first-order valence-corrected chi connectivity index (χ1v) is 5.61. The number of benzene rings is 1. The molecule has 0 aliphatic rings. The van der Waals surface area contributed by atoms with Crippen molar-refractivity contribution in [1.29, 1.82) is 0 Å². The number of halogens is 3. The third kappa shape index (κ3) is 2.89. The molecular formula is C10H8F3N3OS. The highest BCUT2D eigenvalue weighted by atomic mass is 32.1. The Morgan fingerprint density at radius 2 is 1.89 bits per heavy atom. The van der Waals surface area contributed by atoms with Crippen LogP contribution in [-0.2, 0) is 12.8 Å². The molecule has 1 heterocycles. The van der Waals surface area contributed by atoms with E-state index in [2.05, 4.69) is 9.59 Å². The molecule has 0 saturated carbocycles. The summed E-state index contributed by atoms with van der Waals surface area (Å²) in [5, 5.41) is 3.59. The van der Waals surface area contributed by atoms with Gasteiger partial charge in [-0.05, 0) is 35.8 Å². The summed E-state index contributed by atoms with van der Waals surface area (Å²) in [5.74, 6) is 0.600. The van der Waals surface area contributed by atoms with Crippen molar-refractivity contribution in [2.75, 3.05) is 5.73 Å². The summed E-state index contributed by atoms with van der Waals surface area (Å²) in [6.45, 7) is 0.134. The number of nitrogens with zero attached hydrogens (tertiary/aromatic N) is 2. The molecule has 1 aromatic heterocycles. The molecule has 8 heteroatoms. The smallest absolute Gasteiger partial charge is 0.416 e. The van der Waals surface area contributed by atoms with Crippen molar-refractivity contribution in [1.82, 2.24) is 9.59 Å². The summed E-state index contributed by atoms with van der Waals surface area (Å²) in [7, 11) is 0. The molecule has 0 atom stereocenters. The number of alkyl halides is 3. The number of hydrogen-bond donors (Lipinski definition) is 1. The second kappa shape index (κ2) is 4.81. The van der Waals surface area contributed by atoms with Gasteiger partial charge in [-0.15, -0.1) is 5.10 Å². The van der Waals surface area contributed by atoms with E-state index in [0.717, 1.165) is 23.7 Å². The molecule has 2 N–H and O–H groups in total. The van der Waals surface area contributed by atoms with Gasteiger partial charge in [0.1, 0.15) is 17.2 Å². The molecule has 0 radical (unpaired) electrons. The highest BCUT2D eigenvalue weighted by Gasteiger charge is 2.29. The Morgan fingerprint density at radius 3 is 2.39 bits per heavy atom. The monoisotopic (exact) mass is 275 g/mol. The van der Waals surface area contributed by atoms with Crippen LogP contribution in [0.3, 0.4) is 0 Å². The molecule has 1 aromatic carbocycles. The zero-order chi connectivity index (χ0) is 13.2. The normalized spacial score (nSPS) is 11.5. The highest BCUT2D eigenvalue weighted by molar-refractivity contribution is 7.05. The summed E-state index contributed by atoms with van der Waals surface area (Å²) in [6, 6.07) is 4.44. The molecule has 2 aromatic rings. The van der Waals surface area contributed by atoms with Gasteiger partial charge in [-0.3, -0.25) is 0 Å². The minimum atomic E-state index is -4.34. The van der Waals surface area contributed by atoms with Gasteiger partial charge >= 0.3 is 6.18 Å². The SMILES string of the molecule is Nc1nnsc1COc1ccc(C(F)(F)F)cc1. The predicted molar refractivity (Wildman–Crippen MR) is 60.1 cm³/mol. The molecule has 2 rings (SSSR count). The van der Waals surface area contributed by atoms with Gasteiger partial charge in [-0.1, -0.05) is 4.49 Å². The van der Waals surface area contributed by atoms with Gasteiger partial charge in [0.15, 0.2) is 5.82 Å². The molecule has 0 bridgehead atoms. The van der Waals surface area contributed by atoms with Gasteiger partial charge in [0, 0.05) is 0 Å². The zero-order valence-corrected chi connectivity index (χ0v) is 9.76. The number of nitrogen functional groups attached to an aromatic ring is 1. The average molecular weight is 275 g/mol. The predicted octanol–water partition coefficient (Wildman–Crippen LogP) is 2.72. The maximum atomic E-state index is 12.3. The van der Waals surface area contributed by atoms with Crippen molar-refractivity contribution in [3.05, 3.63) is 34.7 Å². The molecule has 0 spiro atoms. The van der Waals surface area contributed by atoms with E-state index in [1.54, 1.807) is 0 Å². The van der Waals surface area contributed by atoms with Gasteiger partial charge in [0.05, 0.1) is 5.56 Å². The Morgan fingerprint density at radius 1 is 1.22 bits per heavy atom. The van der Waals surface area contributed by atoms with Crippen LogP contribution in [0.25, 0.3) is 0 Å². The van der Waals surface area contributed by atoms with E-state index in [9.17, 15) is 13.2 Å². The quantitative estimate of drug-likeness (QED) is 0.935. The fourth-order valence-corrected chi connectivity index (χ4v) is 1.68. The molecule has 0 fully saturated rings. The summed E-state index contributed by atoms with van der Waals surface area (Å²) >= 11 is 1.09. The van der Waals surface area contributed by atoms with Crippen molar-refractivity contribution in [3.8, 4) is 5.75 Å². The van der Waals surface area contributed by atoms with Crippen LogP contribution in [-0.4, -0.2) is 9.59 Å². The molecule has 0 saturated heterocycles. The number of anilines is 1. The number of hydrogen-bond acceptors (Lipinski definition) is 5. The first kappa shape index (κ1) is 12.6. The van der Waals surface area contributed by atoms with Gasteiger partial charge < -0.3 is 10.5 Å². The van der Waals surface area contributed by atoms with Crippen LogP contribution in [0, 0.1) is 0 Å². The second-order valence-electron chi connectivity index (χ2n) is 3.39. The van der Waals surface area contributed by atoms with Crippen LogP contribution in [0.4, 0.5) is 19.0 Å². The van der Waals surface area contributed by atoms with Gasteiger partial charge in [-0.2, -0.15) is 13.2 Å². The van der Waals surface area contributed by atoms with Gasteiger partial charge in [0.25, 0.3) is 0 Å². The van der Waals surface area contributed by atoms with Crippen molar-refractivity contribution in [2.45, 2.75) is 12.8 Å². The van der Waals surface area contributed by atoms with E-state index in [-0.39, 0.29) is 12.4 Å². The fourth-order valence-electron chi connectivity index (χ4n) is 1.21.